The number of piperidine rings is 3. The maximum atomic E-state index is 11.2. The van der Waals surface area contributed by atoms with Crippen LogP contribution in [0.2, 0.25) is 0 Å². The van der Waals surface area contributed by atoms with Gasteiger partial charge in [0.2, 0.25) is 6.41 Å². The second kappa shape index (κ2) is 5.60. The van der Waals surface area contributed by atoms with E-state index in [0.717, 1.165) is 24.9 Å². The molecule has 3 aliphatic heterocycles. The van der Waals surface area contributed by atoms with E-state index in [2.05, 4.69) is 9.80 Å². The van der Waals surface area contributed by atoms with Crippen molar-refractivity contribution in [2.75, 3.05) is 19.6 Å². The lowest BCUT2D eigenvalue weighted by molar-refractivity contribution is -0.123. The molecule has 3 heteroatoms. The molecule has 3 nitrogen and oxygen atoms in total. The number of nitrogens with zero attached hydrogens (tertiary/aromatic N) is 2. The van der Waals surface area contributed by atoms with Crippen molar-refractivity contribution >= 4 is 6.41 Å². The average Bonchev–Trinajstić information content (AvgIpc) is 2.46. The van der Waals surface area contributed by atoms with Crippen LogP contribution in [0.5, 0.6) is 0 Å². The predicted octanol–water partition coefficient (Wildman–Crippen LogP) is 2.26. The molecule has 0 aromatic carbocycles. The highest BCUT2D eigenvalue weighted by atomic mass is 16.1. The van der Waals surface area contributed by atoms with Crippen LogP contribution in [0.15, 0.2) is 0 Å². The lowest BCUT2D eigenvalue weighted by Gasteiger charge is -2.47. The van der Waals surface area contributed by atoms with E-state index in [9.17, 15) is 4.79 Å². The number of rotatable bonds is 2. The van der Waals surface area contributed by atoms with Gasteiger partial charge in [-0.1, -0.05) is 6.42 Å². The molecular formula is C15H26N2O. The van der Waals surface area contributed by atoms with Gasteiger partial charge in [0.1, 0.15) is 0 Å². The summed E-state index contributed by atoms with van der Waals surface area (Å²) in [5.74, 6) is 0.741. The Labute approximate surface area is 111 Å². The van der Waals surface area contributed by atoms with E-state index >= 15 is 0 Å². The Morgan fingerprint density at radius 1 is 0.889 bits per heavy atom. The molecule has 102 valence electrons. The topological polar surface area (TPSA) is 23.6 Å². The number of likely N-dealkylation sites (tertiary alicyclic amines) is 1. The zero-order valence-electron chi connectivity index (χ0n) is 11.4. The largest absolute Gasteiger partial charge is 0.342 e. The van der Waals surface area contributed by atoms with E-state index in [0.29, 0.717) is 6.04 Å². The first-order chi connectivity index (χ1) is 8.88. The highest BCUT2D eigenvalue weighted by Crippen LogP contribution is 2.34. The highest BCUT2D eigenvalue weighted by molar-refractivity contribution is 5.48. The fourth-order valence-corrected chi connectivity index (χ4v) is 4.36. The first kappa shape index (κ1) is 12.5. The van der Waals surface area contributed by atoms with Crippen molar-refractivity contribution in [1.82, 2.24) is 9.80 Å². The molecule has 3 saturated heterocycles. The molecule has 1 amide bonds. The predicted molar refractivity (Wildman–Crippen MR) is 72.3 cm³/mol. The van der Waals surface area contributed by atoms with Gasteiger partial charge in [0, 0.05) is 25.2 Å². The van der Waals surface area contributed by atoms with Crippen molar-refractivity contribution in [2.24, 2.45) is 5.92 Å². The van der Waals surface area contributed by atoms with Crippen molar-refractivity contribution in [3.63, 3.8) is 0 Å². The molecule has 0 aromatic heterocycles. The molecule has 0 radical (unpaired) electrons. The van der Waals surface area contributed by atoms with Crippen LogP contribution in [0.25, 0.3) is 0 Å². The molecule has 0 aliphatic carbocycles. The van der Waals surface area contributed by atoms with Gasteiger partial charge in [-0.2, -0.15) is 0 Å². The Morgan fingerprint density at radius 2 is 1.72 bits per heavy atom. The van der Waals surface area contributed by atoms with Gasteiger partial charge in [0.25, 0.3) is 0 Å². The summed E-state index contributed by atoms with van der Waals surface area (Å²) in [4.78, 5) is 16.0. The van der Waals surface area contributed by atoms with Crippen LogP contribution in [-0.4, -0.2) is 47.9 Å². The standard InChI is InChI=1S/C15H26N2O/c18-12-17-10-4-2-6-15(17)13-7-8-14-5-1-3-9-16(14)11-13/h12-15H,1-11H2/t13-,14-,15-/m0/s1. The van der Waals surface area contributed by atoms with E-state index in [1.807, 2.05) is 0 Å². The molecule has 0 unspecified atom stereocenters. The van der Waals surface area contributed by atoms with Crippen molar-refractivity contribution in [3.8, 4) is 0 Å². The van der Waals surface area contributed by atoms with Crippen LogP contribution in [0.4, 0.5) is 0 Å². The Hall–Kier alpha value is -0.570. The monoisotopic (exact) mass is 250 g/mol. The second-order valence-corrected chi connectivity index (χ2v) is 6.39. The van der Waals surface area contributed by atoms with Gasteiger partial charge in [-0.15, -0.1) is 0 Å². The lowest BCUT2D eigenvalue weighted by atomic mass is 9.81. The second-order valence-electron chi connectivity index (χ2n) is 6.39. The summed E-state index contributed by atoms with van der Waals surface area (Å²) in [6.07, 6.45) is 11.8. The molecule has 0 saturated carbocycles. The molecule has 3 rings (SSSR count). The minimum Gasteiger partial charge on any atom is -0.342 e. The molecule has 0 aromatic rings. The Morgan fingerprint density at radius 3 is 2.61 bits per heavy atom. The number of carbonyl (C=O) groups is 1. The SMILES string of the molecule is O=CN1CCCC[C@H]1[C@H]1CC[C@@H]2CCCCN2C1. The van der Waals surface area contributed by atoms with Gasteiger partial charge in [0.15, 0.2) is 0 Å². The van der Waals surface area contributed by atoms with E-state index < -0.39 is 0 Å². The quantitative estimate of drug-likeness (QED) is 0.702. The van der Waals surface area contributed by atoms with Crippen LogP contribution >= 0.6 is 0 Å². The molecular weight excluding hydrogens is 224 g/mol. The van der Waals surface area contributed by atoms with Crippen molar-refractivity contribution in [1.29, 1.82) is 0 Å². The third-order valence-electron chi connectivity index (χ3n) is 5.36. The third kappa shape index (κ3) is 2.42. The average molecular weight is 250 g/mol. The Balaban J connectivity index is 1.63. The van der Waals surface area contributed by atoms with Crippen LogP contribution < -0.4 is 0 Å². The first-order valence-corrected chi connectivity index (χ1v) is 7.83. The summed E-state index contributed by atoms with van der Waals surface area (Å²) in [5, 5.41) is 0. The van der Waals surface area contributed by atoms with Gasteiger partial charge < -0.3 is 9.80 Å². The number of amides is 1. The molecule has 3 heterocycles. The van der Waals surface area contributed by atoms with E-state index in [-0.39, 0.29) is 0 Å². The number of hydrogen-bond acceptors (Lipinski definition) is 2. The summed E-state index contributed by atoms with van der Waals surface area (Å²) >= 11 is 0. The van der Waals surface area contributed by atoms with Gasteiger partial charge >= 0.3 is 0 Å². The van der Waals surface area contributed by atoms with E-state index in [1.54, 1.807) is 0 Å². The van der Waals surface area contributed by atoms with Gasteiger partial charge in [-0.05, 0) is 57.4 Å². The Bertz CT molecular complexity index is 294. The normalized spacial score (nSPS) is 38.2. The minimum atomic E-state index is 0.541. The Kier molecular flexibility index (Phi) is 3.88. The molecule has 0 N–H and O–H groups in total. The van der Waals surface area contributed by atoms with E-state index in [1.165, 1.54) is 64.5 Å². The maximum absolute atomic E-state index is 11.2. The fourth-order valence-electron chi connectivity index (χ4n) is 4.36. The maximum Gasteiger partial charge on any atom is 0.209 e. The molecule has 3 fully saturated rings. The van der Waals surface area contributed by atoms with Crippen LogP contribution in [0, 0.1) is 5.92 Å². The van der Waals surface area contributed by atoms with Gasteiger partial charge in [0.05, 0.1) is 0 Å². The minimum absolute atomic E-state index is 0.541. The number of hydrogen-bond donors (Lipinski definition) is 0. The summed E-state index contributed by atoms with van der Waals surface area (Å²) in [6.45, 7) is 3.54. The molecule has 0 bridgehead atoms. The zero-order valence-corrected chi connectivity index (χ0v) is 11.4. The van der Waals surface area contributed by atoms with Gasteiger partial charge in [-0.25, -0.2) is 0 Å². The summed E-state index contributed by atoms with van der Waals surface area (Å²) in [6, 6.07) is 1.40. The summed E-state index contributed by atoms with van der Waals surface area (Å²) in [5.41, 5.74) is 0. The highest BCUT2D eigenvalue weighted by Gasteiger charge is 2.36. The number of fused-ring (bicyclic) bond motifs is 1. The molecule has 3 aliphatic rings. The van der Waals surface area contributed by atoms with Crippen molar-refractivity contribution < 1.29 is 4.79 Å². The summed E-state index contributed by atoms with van der Waals surface area (Å²) < 4.78 is 0. The smallest absolute Gasteiger partial charge is 0.209 e. The van der Waals surface area contributed by atoms with Crippen molar-refractivity contribution in [2.45, 2.75) is 63.5 Å². The lowest BCUT2D eigenvalue weighted by Crippen LogP contribution is -2.53. The van der Waals surface area contributed by atoms with Crippen LogP contribution in [0.3, 0.4) is 0 Å². The number of carbonyl (C=O) groups excluding carboxylic acids is 1. The van der Waals surface area contributed by atoms with Gasteiger partial charge in [-0.3, -0.25) is 4.79 Å². The zero-order chi connectivity index (χ0) is 12.4. The third-order valence-corrected chi connectivity index (χ3v) is 5.36. The van der Waals surface area contributed by atoms with Crippen molar-refractivity contribution in [3.05, 3.63) is 0 Å². The van der Waals surface area contributed by atoms with Crippen LogP contribution in [-0.2, 0) is 4.79 Å². The summed E-state index contributed by atoms with van der Waals surface area (Å²) in [7, 11) is 0. The van der Waals surface area contributed by atoms with E-state index in [4.69, 9.17) is 0 Å². The first-order valence-electron chi connectivity index (χ1n) is 7.83. The molecule has 0 spiro atoms. The van der Waals surface area contributed by atoms with Crippen LogP contribution in [0.1, 0.15) is 51.4 Å². The molecule has 18 heavy (non-hydrogen) atoms. The fraction of sp³-hybridized carbons (Fsp3) is 0.933. The molecule has 3 atom stereocenters.